The number of likely N-dealkylation sites (tertiary alicyclic amines) is 1. The van der Waals surface area contributed by atoms with E-state index in [1.807, 2.05) is 0 Å². The molecule has 3 fully saturated rings. The molecule has 1 aromatic carbocycles. The molecule has 1 aromatic rings. The van der Waals surface area contributed by atoms with E-state index in [0.717, 1.165) is 35.4 Å². The highest BCUT2D eigenvalue weighted by Crippen LogP contribution is 2.44. The van der Waals surface area contributed by atoms with Crippen molar-refractivity contribution in [3.8, 4) is 0 Å². The fraction of sp³-hybridized carbons (Fsp3) is 0.667. The monoisotopic (exact) mass is 446 g/mol. The summed E-state index contributed by atoms with van der Waals surface area (Å²) in [7, 11) is 1.48. The number of methoxy groups -OCH3 is 1. The first-order valence-electron chi connectivity index (χ1n) is 11.5. The van der Waals surface area contributed by atoms with Gasteiger partial charge in [-0.15, -0.1) is 0 Å². The van der Waals surface area contributed by atoms with E-state index in [4.69, 9.17) is 17.0 Å². The number of thioether (sulfide) groups is 1. The molecule has 3 heterocycles. The van der Waals surface area contributed by atoms with Crippen LogP contribution in [0.5, 0.6) is 0 Å². The number of hydrogen-bond donors (Lipinski definition) is 0. The number of carbonyl (C=O) groups is 1. The molecule has 164 valence electrons. The summed E-state index contributed by atoms with van der Waals surface area (Å²) >= 11 is 7.81. The van der Waals surface area contributed by atoms with E-state index in [0.29, 0.717) is 24.4 Å². The quantitative estimate of drug-likeness (QED) is 0.464. The summed E-state index contributed by atoms with van der Waals surface area (Å²) in [5.41, 5.74) is 1.32. The van der Waals surface area contributed by atoms with Gasteiger partial charge in [-0.05, 0) is 69.0 Å². The number of piperidine rings is 3. The Bertz CT molecular complexity index is 727. The van der Waals surface area contributed by atoms with Gasteiger partial charge in [-0.2, -0.15) is 0 Å². The lowest BCUT2D eigenvalue weighted by molar-refractivity contribution is -0.140. The first-order valence-corrected chi connectivity index (χ1v) is 12.8. The van der Waals surface area contributed by atoms with Gasteiger partial charge in [-0.25, -0.2) is 0 Å². The van der Waals surface area contributed by atoms with Crippen LogP contribution in [-0.2, 0) is 15.3 Å². The van der Waals surface area contributed by atoms with Crippen molar-refractivity contribution in [2.45, 2.75) is 62.8 Å². The van der Waals surface area contributed by atoms with Gasteiger partial charge in [-0.3, -0.25) is 9.69 Å². The maximum absolute atomic E-state index is 11.7. The van der Waals surface area contributed by atoms with Crippen LogP contribution in [-0.4, -0.2) is 58.9 Å². The Morgan fingerprint density at radius 3 is 2.73 bits per heavy atom. The molecular formula is C24H34N2O2S2. The lowest BCUT2D eigenvalue weighted by atomic mass is 9.69. The third-order valence-corrected chi connectivity index (χ3v) is 8.77. The van der Waals surface area contributed by atoms with Crippen molar-refractivity contribution in [2.75, 3.05) is 26.7 Å². The average Bonchev–Trinajstić information content (AvgIpc) is 2.79. The number of thiocarbonyl (C=S) groups is 1. The molecule has 0 bridgehead atoms. The third-order valence-electron chi connectivity index (χ3n) is 7.22. The minimum absolute atomic E-state index is 0.0980. The Morgan fingerprint density at radius 1 is 1.20 bits per heavy atom. The summed E-state index contributed by atoms with van der Waals surface area (Å²) in [6.45, 7) is 3.61. The molecule has 0 aromatic heterocycles. The predicted octanol–water partition coefficient (Wildman–Crippen LogP) is 4.72. The summed E-state index contributed by atoms with van der Waals surface area (Å²) in [5.74, 6) is 2.23. The van der Waals surface area contributed by atoms with Crippen molar-refractivity contribution in [2.24, 2.45) is 11.8 Å². The Balaban J connectivity index is 1.48. The zero-order valence-electron chi connectivity index (χ0n) is 18.0. The minimum Gasteiger partial charge on any atom is -0.469 e. The Labute approximate surface area is 190 Å². The Hall–Kier alpha value is -1.11. The van der Waals surface area contributed by atoms with Crippen LogP contribution in [0.1, 0.15) is 50.5 Å². The second-order valence-electron chi connectivity index (χ2n) is 8.96. The van der Waals surface area contributed by atoms with Gasteiger partial charge in [0.1, 0.15) is 4.32 Å². The van der Waals surface area contributed by atoms with E-state index >= 15 is 0 Å². The highest BCUT2D eigenvalue weighted by Gasteiger charge is 2.48. The number of esters is 1. The smallest absolute Gasteiger partial charge is 0.305 e. The summed E-state index contributed by atoms with van der Waals surface area (Å²) in [4.78, 5) is 17.0. The molecule has 0 N–H and O–H groups in total. The third kappa shape index (κ3) is 5.03. The summed E-state index contributed by atoms with van der Waals surface area (Å²) in [6.07, 6.45) is 7.65. The highest BCUT2D eigenvalue weighted by atomic mass is 32.2. The lowest BCUT2D eigenvalue weighted by Gasteiger charge is -2.58. The Morgan fingerprint density at radius 2 is 1.97 bits per heavy atom. The van der Waals surface area contributed by atoms with Gasteiger partial charge in [0.2, 0.25) is 0 Å². The fourth-order valence-electron chi connectivity index (χ4n) is 5.93. The molecule has 0 aliphatic carbocycles. The van der Waals surface area contributed by atoms with Crippen molar-refractivity contribution >= 4 is 34.3 Å². The van der Waals surface area contributed by atoms with Gasteiger partial charge in [0.25, 0.3) is 0 Å². The number of hydrogen-bond acceptors (Lipinski definition) is 5. The largest absolute Gasteiger partial charge is 0.469 e. The van der Waals surface area contributed by atoms with Crippen LogP contribution in [0.4, 0.5) is 0 Å². The summed E-state index contributed by atoms with van der Waals surface area (Å²) in [5, 5.41) is 0. The van der Waals surface area contributed by atoms with Crippen molar-refractivity contribution in [1.82, 2.24) is 9.80 Å². The molecular weight excluding hydrogens is 412 g/mol. The molecule has 0 spiro atoms. The maximum atomic E-state index is 11.7. The van der Waals surface area contributed by atoms with Gasteiger partial charge in [-0.1, -0.05) is 54.3 Å². The standard InChI is InChI=1S/C24H34N2O2S2/c1-28-22(27)13-5-12-21-20-11-7-15-25-14-6-10-19(23(20)25)16-26(21)24(29)30-17-18-8-3-2-4-9-18/h2-4,8-9,19-21,23H,5-7,10-17H2,1H3/t19-,20+,21+,23-/m0/s1. The van der Waals surface area contributed by atoms with Crippen LogP contribution in [0.3, 0.4) is 0 Å². The normalized spacial score (nSPS) is 28.6. The molecule has 0 radical (unpaired) electrons. The van der Waals surface area contributed by atoms with Crippen molar-refractivity contribution in [1.29, 1.82) is 0 Å². The summed E-state index contributed by atoms with van der Waals surface area (Å²) in [6, 6.07) is 11.8. The number of carbonyl (C=O) groups excluding carboxylic acids is 1. The van der Waals surface area contributed by atoms with Gasteiger partial charge in [0, 0.05) is 30.8 Å². The van der Waals surface area contributed by atoms with E-state index in [2.05, 4.69) is 40.1 Å². The molecule has 3 saturated heterocycles. The number of rotatable bonds is 6. The first kappa shape index (κ1) is 22.1. The molecule has 0 unspecified atom stereocenters. The van der Waals surface area contributed by atoms with Crippen LogP contribution in [0, 0.1) is 11.8 Å². The SMILES string of the molecule is COC(=O)CCC[C@@H]1[C@H]2CCCN3CCC[C@@H](CN1C(=S)SCc1ccccc1)[C@@H]23. The average molecular weight is 447 g/mol. The van der Waals surface area contributed by atoms with Crippen molar-refractivity contribution < 1.29 is 9.53 Å². The Kier molecular flexibility index (Phi) is 7.71. The molecule has 3 aliphatic rings. The van der Waals surface area contributed by atoms with E-state index in [-0.39, 0.29) is 5.97 Å². The molecule has 4 rings (SSSR count). The van der Waals surface area contributed by atoms with E-state index < -0.39 is 0 Å². The number of nitrogens with zero attached hydrogens (tertiary/aromatic N) is 2. The second-order valence-corrected chi connectivity index (χ2v) is 10.6. The summed E-state index contributed by atoms with van der Waals surface area (Å²) < 4.78 is 5.92. The molecule has 3 aliphatic heterocycles. The van der Waals surface area contributed by atoms with Crippen LogP contribution < -0.4 is 0 Å². The van der Waals surface area contributed by atoms with Gasteiger partial charge in [0.15, 0.2) is 0 Å². The van der Waals surface area contributed by atoms with Gasteiger partial charge in [0.05, 0.1) is 7.11 Å². The zero-order chi connectivity index (χ0) is 20.9. The van der Waals surface area contributed by atoms with Crippen LogP contribution in [0.2, 0.25) is 0 Å². The first-order chi connectivity index (χ1) is 14.7. The van der Waals surface area contributed by atoms with E-state index in [9.17, 15) is 4.79 Å². The fourth-order valence-corrected chi connectivity index (χ4v) is 7.18. The maximum Gasteiger partial charge on any atom is 0.305 e. The molecule has 30 heavy (non-hydrogen) atoms. The predicted molar refractivity (Wildman–Crippen MR) is 128 cm³/mol. The van der Waals surface area contributed by atoms with Crippen molar-refractivity contribution in [3.05, 3.63) is 35.9 Å². The van der Waals surface area contributed by atoms with E-state index in [1.165, 1.54) is 51.4 Å². The van der Waals surface area contributed by atoms with Crippen LogP contribution in [0.15, 0.2) is 30.3 Å². The number of ether oxygens (including phenoxy) is 1. The van der Waals surface area contributed by atoms with Gasteiger partial charge < -0.3 is 9.64 Å². The molecule has 4 atom stereocenters. The van der Waals surface area contributed by atoms with Gasteiger partial charge >= 0.3 is 5.97 Å². The second kappa shape index (κ2) is 10.5. The molecule has 0 saturated carbocycles. The lowest BCUT2D eigenvalue weighted by Crippen LogP contribution is -2.65. The number of benzene rings is 1. The van der Waals surface area contributed by atoms with Crippen molar-refractivity contribution in [3.63, 3.8) is 0 Å². The topological polar surface area (TPSA) is 32.8 Å². The highest BCUT2D eigenvalue weighted by molar-refractivity contribution is 8.22. The zero-order valence-corrected chi connectivity index (χ0v) is 19.6. The molecule has 0 amide bonds. The minimum atomic E-state index is -0.0980. The molecule has 6 heteroatoms. The molecule has 4 nitrogen and oxygen atoms in total. The van der Waals surface area contributed by atoms with Crippen LogP contribution in [0.25, 0.3) is 0 Å². The van der Waals surface area contributed by atoms with E-state index in [1.54, 1.807) is 11.8 Å². The van der Waals surface area contributed by atoms with Crippen LogP contribution >= 0.6 is 24.0 Å².